The number of benzene rings is 2. The third-order valence-corrected chi connectivity index (χ3v) is 6.03. The van der Waals surface area contributed by atoms with E-state index in [2.05, 4.69) is 0 Å². The molecule has 29 heavy (non-hydrogen) atoms. The van der Waals surface area contributed by atoms with Crippen molar-refractivity contribution in [1.29, 1.82) is 0 Å². The van der Waals surface area contributed by atoms with Crippen molar-refractivity contribution >= 4 is 17.5 Å². The van der Waals surface area contributed by atoms with Gasteiger partial charge in [0.05, 0.1) is 13.0 Å². The van der Waals surface area contributed by atoms with Gasteiger partial charge in [0.1, 0.15) is 11.5 Å². The zero-order valence-corrected chi connectivity index (χ0v) is 16.6. The van der Waals surface area contributed by atoms with Crippen molar-refractivity contribution in [1.82, 2.24) is 4.90 Å². The molecule has 152 valence electrons. The highest BCUT2D eigenvalue weighted by Crippen LogP contribution is 2.32. The normalized spacial score (nSPS) is 20.2. The van der Waals surface area contributed by atoms with Crippen LogP contribution in [-0.2, 0) is 9.59 Å². The van der Waals surface area contributed by atoms with Crippen LogP contribution in [0.4, 0.5) is 5.69 Å². The van der Waals surface area contributed by atoms with Crippen molar-refractivity contribution in [3.05, 3.63) is 54.1 Å². The minimum atomic E-state index is -0.283. The Kier molecular flexibility index (Phi) is 5.43. The molecule has 0 aliphatic carbocycles. The number of phenols is 1. The molecule has 2 heterocycles. The number of nitrogens with zero attached hydrogens (tertiary/aromatic N) is 2. The van der Waals surface area contributed by atoms with E-state index in [-0.39, 0.29) is 29.9 Å². The Hall–Kier alpha value is -3.02. The van der Waals surface area contributed by atoms with Crippen molar-refractivity contribution in [3.63, 3.8) is 0 Å². The first-order chi connectivity index (χ1) is 14.0. The Morgan fingerprint density at radius 3 is 2.31 bits per heavy atom. The van der Waals surface area contributed by atoms with Crippen LogP contribution in [0.3, 0.4) is 0 Å². The molecule has 2 saturated heterocycles. The van der Waals surface area contributed by atoms with Crippen LogP contribution in [0, 0.1) is 5.92 Å². The van der Waals surface area contributed by atoms with Crippen LogP contribution >= 0.6 is 0 Å². The molecule has 2 amide bonds. The van der Waals surface area contributed by atoms with E-state index in [0.29, 0.717) is 25.6 Å². The van der Waals surface area contributed by atoms with Gasteiger partial charge in [-0.15, -0.1) is 0 Å². The van der Waals surface area contributed by atoms with E-state index in [9.17, 15) is 14.7 Å². The zero-order valence-electron chi connectivity index (χ0n) is 16.6. The van der Waals surface area contributed by atoms with Gasteiger partial charge in [0.2, 0.25) is 11.8 Å². The summed E-state index contributed by atoms with van der Waals surface area (Å²) in [6, 6.07) is 14.7. The van der Waals surface area contributed by atoms with Crippen LogP contribution in [-0.4, -0.2) is 48.6 Å². The molecule has 0 aromatic heterocycles. The first kappa shape index (κ1) is 19.3. The van der Waals surface area contributed by atoms with E-state index in [1.807, 2.05) is 41.3 Å². The quantitative estimate of drug-likeness (QED) is 0.865. The molecule has 0 radical (unpaired) electrons. The number of rotatable bonds is 4. The molecule has 4 rings (SSSR count). The summed E-state index contributed by atoms with van der Waals surface area (Å²) in [5.41, 5.74) is 2.01. The second-order valence-electron chi connectivity index (χ2n) is 7.79. The SMILES string of the molecule is COc1ccc(N2CC(C(=O)N3CCC(c4ccc(O)cc4)CC3)CC2=O)cc1. The molecular formula is C23H26N2O4. The maximum atomic E-state index is 13.0. The summed E-state index contributed by atoms with van der Waals surface area (Å²) < 4.78 is 5.17. The summed E-state index contributed by atoms with van der Waals surface area (Å²) in [5.74, 6) is 1.21. The number of methoxy groups -OCH3 is 1. The Labute approximate surface area is 170 Å². The maximum absolute atomic E-state index is 13.0. The largest absolute Gasteiger partial charge is 0.508 e. The molecule has 0 bridgehead atoms. The second-order valence-corrected chi connectivity index (χ2v) is 7.79. The van der Waals surface area contributed by atoms with Crippen LogP contribution in [0.1, 0.15) is 30.7 Å². The number of anilines is 1. The van der Waals surface area contributed by atoms with Gasteiger partial charge in [0, 0.05) is 31.7 Å². The molecule has 6 heteroatoms. The molecule has 2 aliphatic rings. The number of phenolic OH excluding ortho intramolecular Hbond substituents is 1. The lowest BCUT2D eigenvalue weighted by Gasteiger charge is -2.33. The third-order valence-electron chi connectivity index (χ3n) is 6.03. The highest BCUT2D eigenvalue weighted by molar-refractivity contribution is 6.00. The lowest BCUT2D eigenvalue weighted by atomic mass is 9.89. The van der Waals surface area contributed by atoms with Gasteiger partial charge < -0.3 is 19.6 Å². The molecule has 0 saturated carbocycles. The van der Waals surface area contributed by atoms with Crippen LogP contribution in [0.5, 0.6) is 11.5 Å². The number of hydrogen-bond donors (Lipinski definition) is 1. The van der Waals surface area contributed by atoms with Crippen molar-refractivity contribution < 1.29 is 19.4 Å². The lowest BCUT2D eigenvalue weighted by molar-refractivity contribution is -0.136. The molecule has 2 aromatic rings. The van der Waals surface area contributed by atoms with E-state index in [0.717, 1.165) is 24.3 Å². The summed E-state index contributed by atoms with van der Waals surface area (Å²) in [5, 5.41) is 9.45. The average Bonchev–Trinajstić information content (AvgIpc) is 3.15. The zero-order chi connectivity index (χ0) is 20.4. The first-order valence-corrected chi connectivity index (χ1v) is 10.1. The molecule has 0 spiro atoms. The molecule has 6 nitrogen and oxygen atoms in total. The number of aromatic hydroxyl groups is 1. The smallest absolute Gasteiger partial charge is 0.228 e. The molecule has 2 fully saturated rings. The van der Waals surface area contributed by atoms with E-state index < -0.39 is 0 Å². The number of ether oxygens (including phenoxy) is 1. The number of likely N-dealkylation sites (tertiary alicyclic amines) is 1. The van der Waals surface area contributed by atoms with Gasteiger partial charge in [-0.3, -0.25) is 9.59 Å². The van der Waals surface area contributed by atoms with Crippen LogP contribution in [0.2, 0.25) is 0 Å². The van der Waals surface area contributed by atoms with Crippen LogP contribution in [0.15, 0.2) is 48.5 Å². The number of amides is 2. The molecule has 1 N–H and O–H groups in total. The maximum Gasteiger partial charge on any atom is 0.228 e. The molecular weight excluding hydrogens is 368 g/mol. The summed E-state index contributed by atoms with van der Waals surface area (Å²) in [6.07, 6.45) is 2.07. The highest BCUT2D eigenvalue weighted by atomic mass is 16.5. The fraction of sp³-hybridized carbons (Fsp3) is 0.391. The van der Waals surface area contributed by atoms with Gasteiger partial charge in [0.25, 0.3) is 0 Å². The Morgan fingerprint density at radius 1 is 1.03 bits per heavy atom. The fourth-order valence-corrected chi connectivity index (χ4v) is 4.32. The standard InChI is InChI=1S/C23H26N2O4/c1-29-21-8-4-19(5-9-21)25-15-18(14-22(25)27)23(28)24-12-10-17(11-13-24)16-2-6-20(26)7-3-16/h2-9,17-18,26H,10-15H2,1H3. The number of carbonyl (C=O) groups is 2. The molecule has 1 unspecified atom stereocenters. The Balaban J connectivity index is 1.35. The second kappa shape index (κ2) is 8.15. The third kappa shape index (κ3) is 4.06. The van der Waals surface area contributed by atoms with Crippen molar-refractivity contribution in [2.24, 2.45) is 5.92 Å². The summed E-state index contributed by atoms with van der Waals surface area (Å²) in [7, 11) is 1.61. The predicted octanol–water partition coefficient (Wildman–Crippen LogP) is 3.16. The molecule has 2 aromatic carbocycles. The summed E-state index contributed by atoms with van der Waals surface area (Å²) >= 11 is 0. The number of piperidine rings is 1. The van der Waals surface area contributed by atoms with Gasteiger partial charge in [-0.2, -0.15) is 0 Å². The minimum Gasteiger partial charge on any atom is -0.508 e. The highest BCUT2D eigenvalue weighted by Gasteiger charge is 2.38. The van der Waals surface area contributed by atoms with Gasteiger partial charge in [-0.1, -0.05) is 12.1 Å². The van der Waals surface area contributed by atoms with Gasteiger partial charge in [-0.25, -0.2) is 0 Å². The van der Waals surface area contributed by atoms with E-state index >= 15 is 0 Å². The minimum absolute atomic E-state index is 0.00695. The number of hydrogen-bond acceptors (Lipinski definition) is 4. The van der Waals surface area contributed by atoms with E-state index in [1.165, 1.54) is 5.56 Å². The van der Waals surface area contributed by atoms with E-state index in [4.69, 9.17) is 4.74 Å². The van der Waals surface area contributed by atoms with Crippen molar-refractivity contribution in [2.45, 2.75) is 25.2 Å². The Bertz CT molecular complexity index is 871. The van der Waals surface area contributed by atoms with Gasteiger partial charge >= 0.3 is 0 Å². The fourth-order valence-electron chi connectivity index (χ4n) is 4.32. The van der Waals surface area contributed by atoms with Crippen molar-refractivity contribution in [3.8, 4) is 11.5 Å². The lowest BCUT2D eigenvalue weighted by Crippen LogP contribution is -2.42. The van der Waals surface area contributed by atoms with Gasteiger partial charge in [-0.05, 0) is 60.7 Å². The number of carbonyl (C=O) groups excluding carboxylic acids is 2. The molecule has 2 aliphatic heterocycles. The molecule has 1 atom stereocenters. The Morgan fingerprint density at radius 2 is 1.69 bits per heavy atom. The average molecular weight is 394 g/mol. The predicted molar refractivity (Wildman–Crippen MR) is 110 cm³/mol. The topological polar surface area (TPSA) is 70.1 Å². The van der Waals surface area contributed by atoms with E-state index in [1.54, 1.807) is 24.1 Å². The van der Waals surface area contributed by atoms with Crippen LogP contribution in [0.25, 0.3) is 0 Å². The van der Waals surface area contributed by atoms with Gasteiger partial charge in [0.15, 0.2) is 0 Å². The first-order valence-electron chi connectivity index (χ1n) is 10.1. The summed E-state index contributed by atoms with van der Waals surface area (Å²) in [4.78, 5) is 29.1. The monoisotopic (exact) mass is 394 g/mol. The van der Waals surface area contributed by atoms with Crippen LogP contribution < -0.4 is 9.64 Å². The van der Waals surface area contributed by atoms with Crippen molar-refractivity contribution in [2.75, 3.05) is 31.6 Å². The summed E-state index contributed by atoms with van der Waals surface area (Å²) in [6.45, 7) is 1.84.